The molecule has 0 spiro atoms. The molecule has 0 aliphatic rings. The smallest absolute Gasteiger partial charge is 0.282 e. The first-order chi connectivity index (χ1) is 6.66. The van der Waals surface area contributed by atoms with Gasteiger partial charge >= 0.3 is 0 Å². The molecule has 1 amide bonds. The number of carbonyl (C=O) groups excluding carboxylic acids is 1. The van der Waals surface area contributed by atoms with Crippen LogP contribution in [0.2, 0.25) is 0 Å². The minimum Gasteiger partial charge on any atom is -0.348 e. The van der Waals surface area contributed by atoms with Crippen molar-refractivity contribution in [2.45, 2.75) is 19.9 Å². The summed E-state index contributed by atoms with van der Waals surface area (Å²) in [7, 11) is 0. The number of nitrogens with one attached hydrogen (secondary N) is 1. The highest BCUT2D eigenvalue weighted by Crippen LogP contribution is 2.11. The molecule has 0 aliphatic carbocycles. The minimum absolute atomic E-state index is 0.108. The predicted molar refractivity (Wildman–Crippen MR) is 51.3 cm³/mol. The molecule has 0 saturated carbocycles. The van der Waals surface area contributed by atoms with Gasteiger partial charge in [0.15, 0.2) is 0 Å². The van der Waals surface area contributed by atoms with Crippen LogP contribution in [0, 0.1) is 0 Å². The summed E-state index contributed by atoms with van der Waals surface area (Å²) < 4.78 is 1.49. The van der Waals surface area contributed by atoms with Crippen molar-refractivity contribution in [3.05, 3.63) is 11.3 Å². The zero-order chi connectivity index (χ0) is 10.1. The molecule has 14 heavy (non-hydrogen) atoms. The monoisotopic (exact) mass is 211 g/mol. The zero-order valence-corrected chi connectivity index (χ0v) is 8.58. The molecule has 0 bridgehead atoms. The van der Waals surface area contributed by atoms with Gasteiger partial charge < -0.3 is 5.32 Å². The molecule has 0 aromatic carbocycles. The summed E-state index contributed by atoms with van der Waals surface area (Å²) in [6.45, 7) is 3.80. The normalized spacial score (nSPS) is 11.1. The van der Waals surface area contributed by atoms with E-state index in [2.05, 4.69) is 20.6 Å². The van der Waals surface area contributed by atoms with Crippen molar-refractivity contribution in [1.29, 1.82) is 0 Å². The Hall–Kier alpha value is -1.50. The maximum atomic E-state index is 11.5. The van der Waals surface area contributed by atoms with E-state index < -0.39 is 0 Å². The zero-order valence-electron chi connectivity index (χ0n) is 7.76. The Morgan fingerprint density at radius 2 is 2.43 bits per heavy atom. The van der Waals surface area contributed by atoms with E-state index in [1.54, 1.807) is 0 Å². The summed E-state index contributed by atoms with van der Waals surface area (Å²) >= 11 is 1.22. The van der Waals surface area contributed by atoms with E-state index in [0.717, 1.165) is 0 Å². The highest BCUT2D eigenvalue weighted by molar-refractivity contribution is 7.18. The molecular weight excluding hydrogens is 202 g/mol. The van der Waals surface area contributed by atoms with Crippen LogP contribution < -0.4 is 5.32 Å². The number of carbonyl (C=O) groups is 1. The maximum Gasteiger partial charge on any atom is 0.282 e. The van der Waals surface area contributed by atoms with Crippen LogP contribution in [0.5, 0.6) is 0 Å². The standard InChI is InChI=1S/C7H9N5OS/c1-4(2)9-5(13)6-11-12-3-8-10-7(12)14-6/h3-4H,1-2H3,(H,9,13). The van der Waals surface area contributed by atoms with E-state index in [-0.39, 0.29) is 11.9 Å². The Morgan fingerprint density at radius 3 is 3.07 bits per heavy atom. The van der Waals surface area contributed by atoms with Crippen molar-refractivity contribution < 1.29 is 4.79 Å². The van der Waals surface area contributed by atoms with Crippen molar-refractivity contribution in [1.82, 2.24) is 25.1 Å². The van der Waals surface area contributed by atoms with Crippen molar-refractivity contribution in [3.8, 4) is 0 Å². The Morgan fingerprint density at radius 1 is 1.64 bits per heavy atom. The summed E-state index contributed by atoms with van der Waals surface area (Å²) in [6, 6.07) is 0.108. The van der Waals surface area contributed by atoms with E-state index >= 15 is 0 Å². The molecule has 2 heterocycles. The van der Waals surface area contributed by atoms with Crippen LogP contribution in [0.4, 0.5) is 0 Å². The van der Waals surface area contributed by atoms with E-state index in [0.29, 0.717) is 9.97 Å². The van der Waals surface area contributed by atoms with Gasteiger partial charge in [-0.1, -0.05) is 11.3 Å². The number of aromatic nitrogens is 4. The van der Waals surface area contributed by atoms with Crippen LogP contribution in [-0.4, -0.2) is 31.8 Å². The summed E-state index contributed by atoms with van der Waals surface area (Å²) in [6.07, 6.45) is 1.47. The predicted octanol–water partition coefficient (Wildman–Crippen LogP) is 0.324. The van der Waals surface area contributed by atoms with E-state index in [4.69, 9.17) is 0 Å². The lowest BCUT2D eigenvalue weighted by molar-refractivity contribution is 0.0941. The number of nitrogens with zero attached hydrogens (tertiary/aromatic N) is 4. The molecule has 7 heteroatoms. The average molecular weight is 211 g/mol. The summed E-state index contributed by atoms with van der Waals surface area (Å²) in [5, 5.41) is 14.6. The van der Waals surface area contributed by atoms with E-state index in [9.17, 15) is 4.79 Å². The number of hydrogen-bond acceptors (Lipinski definition) is 5. The number of hydrogen-bond donors (Lipinski definition) is 1. The molecule has 0 fully saturated rings. The first-order valence-corrected chi connectivity index (χ1v) is 4.96. The molecule has 6 nitrogen and oxygen atoms in total. The lowest BCUT2D eigenvalue weighted by Crippen LogP contribution is -2.30. The van der Waals surface area contributed by atoms with Gasteiger partial charge in [0.2, 0.25) is 9.97 Å². The fourth-order valence-corrected chi connectivity index (χ4v) is 1.70. The molecule has 2 aromatic rings. The fourth-order valence-electron chi connectivity index (χ4n) is 0.976. The third-order valence-corrected chi connectivity index (χ3v) is 2.41. The van der Waals surface area contributed by atoms with Gasteiger partial charge in [-0.2, -0.15) is 4.52 Å². The van der Waals surface area contributed by atoms with Gasteiger partial charge in [0.1, 0.15) is 6.33 Å². The van der Waals surface area contributed by atoms with Crippen LogP contribution in [0.15, 0.2) is 6.33 Å². The van der Waals surface area contributed by atoms with Crippen LogP contribution in [0.3, 0.4) is 0 Å². The highest BCUT2D eigenvalue weighted by atomic mass is 32.1. The molecule has 74 valence electrons. The molecule has 1 N–H and O–H groups in total. The Kier molecular flexibility index (Phi) is 2.16. The molecule has 0 aliphatic heterocycles. The second-order valence-electron chi connectivity index (χ2n) is 3.09. The third-order valence-electron chi connectivity index (χ3n) is 1.50. The van der Waals surface area contributed by atoms with Crippen molar-refractivity contribution in [3.63, 3.8) is 0 Å². The maximum absolute atomic E-state index is 11.5. The van der Waals surface area contributed by atoms with Gasteiger partial charge in [0, 0.05) is 6.04 Å². The lowest BCUT2D eigenvalue weighted by atomic mass is 10.4. The largest absolute Gasteiger partial charge is 0.348 e. The van der Waals surface area contributed by atoms with Crippen molar-refractivity contribution in [2.24, 2.45) is 0 Å². The summed E-state index contributed by atoms with van der Waals surface area (Å²) in [5.74, 6) is -0.171. The third kappa shape index (κ3) is 1.58. The van der Waals surface area contributed by atoms with Gasteiger partial charge in [-0.25, -0.2) is 0 Å². The van der Waals surface area contributed by atoms with Crippen LogP contribution in [0.1, 0.15) is 23.6 Å². The SMILES string of the molecule is CC(C)NC(=O)c1nn2cnnc2s1. The van der Waals surface area contributed by atoms with Gasteiger partial charge in [-0.05, 0) is 13.8 Å². The van der Waals surface area contributed by atoms with E-state index in [1.807, 2.05) is 13.8 Å². The summed E-state index contributed by atoms with van der Waals surface area (Å²) in [5.41, 5.74) is 0. The Labute approximate surface area is 84.0 Å². The van der Waals surface area contributed by atoms with E-state index in [1.165, 1.54) is 22.2 Å². The topological polar surface area (TPSA) is 72.2 Å². The Bertz CT molecular complexity index is 431. The van der Waals surface area contributed by atoms with Gasteiger partial charge in [0.25, 0.3) is 5.91 Å². The molecule has 0 radical (unpaired) electrons. The molecule has 2 rings (SSSR count). The second-order valence-corrected chi connectivity index (χ2v) is 4.05. The number of fused-ring (bicyclic) bond motifs is 1. The highest BCUT2D eigenvalue weighted by Gasteiger charge is 2.13. The summed E-state index contributed by atoms with van der Waals surface area (Å²) in [4.78, 5) is 12.1. The number of amides is 1. The molecule has 2 aromatic heterocycles. The van der Waals surface area contributed by atoms with Gasteiger partial charge in [-0.15, -0.1) is 15.3 Å². The second kappa shape index (κ2) is 3.33. The van der Waals surface area contributed by atoms with Crippen LogP contribution in [0.25, 0.3) is 4.96 Å². The van der Waals surface area contributed by atoms with Gasteiger partial charge in [-0.3, -0.25) is 4.79 Å². The quantitative estimate of drug-likeness (QED) is 0.776. The molecule has 0 atom stereocenters. The molecule has 0 saturated heterocycles. The van der Waals surface area contributed by atoms with Crippen molar-refractivity contribution in [2.75, 3.05) is 0 Å². The van der Waals surface area contributed by atoms with Gasteiger partial charge in [0.05, 0.1) is 0 Å². The first kappa shape index (κ1) is 9.07. The minimum atomic E-state index is -0.171. The Balaban J connectivity index is 2.26. The first-order valence-electron chi connectivity index (χ1n) is 4.14. The van der Waals surface area contributed by atoms with Crippen LogP contribution in [-0.2, 0) is 0 Å². The molecule has 0 unspecified atom stereocenters. The average Bonchev–Trinajstić information content (AvgIpc) is 2.58. The van der Waals surface area contributed by atoms with Crippen molar-refractivity contribution >= 4 is 22.2 Å². The number of rotatable bonds is 2. The fraction of sp³-hybridized carbons (Fsp3) is 0.429. The molecular formula is C7H9N5OS. The lowest BCUT2D eigenvalue weighted by Gasteiger charge is -2.04. The van der Waals surface area contributed by atoms with Crippen LogP contribution >= 0.6 is 11.3 Å².